The van der Waals surface area contributed by atoms with Crippen LogP contribution in [0.25, 0.3) is 0 Å². The first-order chi connectivity index (χ1) is 6.83. The SMILES string of the molecule is NC(CCCC=O)Cc1ccccc1. The lowest BCUT2D eigenvalue weighted by atomic mass is 10.0. The first-order valence-electron chi connectivity index (χ1n) is 5.06. The second kappa shape index (κ2) is 6.33. The molecular formula is C12H17NO. The van der Waals surface area contributed by atoms with Gasteiger partial charge in [0.1, 0.15) is 6.29 Å². The third-order valence-corrected chi connectivity index (χ3v) is 2.24. The Labute approximate surface area is 85.1 Å². The van der Waals surface area contributed by atoms with Gasteiger partial charge in [0.25, 0.3) is 0 Å². The molecule has 0 saturated carbocycles. The van der Waals surface area contributed by atoms with Crippen LogP contribution >= 0.6 is 0 Å². The summed E-state index contributed by atoms with van der Waals surface area (Å²) in [6.07, 6.45) is 4.31. The molecule has 1 aromatic rings. The van der Waals surface area contributed by atoms with Crippen molar-refractivity contribution in [3.63, 3.8) is 0 Å². The zero-order chi connectivity index (χ0) is 10.2. The Morgan fingerprint density at radius 2 is 2.00 bits per heavy atom. The molecule has 0 aliphatic carbocycles. The smallest absolute Gasteiger partial charge is 0.119 e. The van der Waals surface area contributed by atoms with Gasteiger partial charge in [0.15, 0.2) is 0 Å². The molecule has 0 spiro atoms. The van der Waals surface area contributed by atoms with E-state index < -0.39 is 0 Å². The Kier molecular flexibility index (Phi) is 4.94. The number of carbonyl (C=O) groups excluding carboxylic acids is 1. The van der Waals surface area contributed by atoms with Gasteiger partial charge in [-0.05, 0) is 24.8 Å². The van der Waals surface area contributed by atoms with E-state index in [-0.39, 0.29) is 6.04 Å². The zero-order valence-corrected chi connectivity index (χ0v) is 8.36. The minimum Gasteiger partial charge on any atom is -0.327 e. The van der Waals surface area contributed by atoms with Crippen molar-refractivity contribution in [1.29, 1.82) is 0 Å². The normalized spacial score (nSPS) is 12.4. The lowest BCUT2D eigenvalue weighted by Gasteiger charge is -2.10. The quantitative estimate of drug-likeness (QED) is 0.551. The summed E-state index contributed by atoms with van der Waals surface area (Å²) in [7, 11) is 0. The molecule has 0 amide bonds. The fourth-order valence-electron chi connectivity index (χ4n) is 1.48. The fraction of sp³-hybridized carbons (Fsp3) is 0.417. The zero-order valence-electron chi connectivity index (χ0n) is 8.36. The Hall–Kier alpha value is -1.15. The molecule has 1 atom stereocenters. The van der Waals surface area contributed by atoms with Crippen LogP contribution in [0.1, 0.15) is 24.8 Å². The van der Waals surface area contributed by atoms with Crippen molar-refractivity contribution in [1.82, 2.24) is 0 Å². The highest BCUT2D eigenvalue weighted by Gasteiger charge is 2.02. The fourth-order valence-corrected chi connectivity index (χ4v) is 1.48. The van der Waals surface area contributed by atoms with Crippen molar-refractivity contribution < 1.29 is 4.79 Å². The van der Waals surface area contributed by atoms with Crippen LogP contribution in [-0.2, 0) is 11.2 Å². The van der Waals surface area contributed by atoms with Crippen LogP contribution in [0.2, 0.25) is 0 Å². The van der Waals surface area contributed by atoms with Gasteiger partial charge in [-0.25, -0.2) is 0 Å². The van der Waals surface area contributed by atoms with Crippen LogP contribution in [0.15, 0.2) is 30.3 Å². The van der Waals surface area contributed by atoms with Gasteiger partial charge in [-0.2, -0.15) is 0 Å². The molecule has 2 nitrogen and oxygen atoms in total. The second-order valence-electron chi connectivity index (χ2n) is 3.55. The highest BCUT2D eigenvalue weighted by atomic mass is 16.1. The van der Waals surface area contributed by atoms with E-state index in [1.54, 1.807) is 0 Å². The van der Waals surface area contributed by atoms with E-state index in [2.05, 4.69) is 12.1 Å². The summed E-state index contributed by atoms with van der Waals surface area (Å²) in [6.45, 7) is 0. The molecule has 76 valence electrons. The minimum atomic E-state index is 0.178. The van der Waals surface area contributed by atoms with Crippen molar-refractivity contribution in [2.24, 2.45) is 5.73 Å². The van der Waals surface area contributed by atoms with Crippen molar-refractivity contribution in [2.45, 2.75) is 31.7 Å². The van der Waals surface area contributed by atoms with Gasteiger partial charge in [0.05, 0.1) is 0 Å². The molecule has 0 bridgehead atoms. The van der Waals surface area contributed by atoms with Crippen molar-refractivity contribution in [3.05, 3.63) is 35.9 Å². The summed E-state index contributed by atoms with van der Waals surface area (Å²) in [5, 5.41) is 0. The molecule has 2 heteroatoms. The predicted molar refractivity (Wildman–Crippen MR) is 58.0 cm³/mol. The van der Waals surface area contributed by atoms with E-state index in [4.69, 9.17) is 5.73 Å². The summed E-state index contributed by atoms with van der Waals surface area (Å²) < 4.78 is 0. The van der Waals surface area contributed by atoms with Gasteiger partial charge in [0, 0.05) is 12.5 Å². The highest BCUT2D eigenvalue weighted by molar-refractivity contribution is 5.48. The summed E-state index contributed by atoms with van der Waals surface area (Å²) in [4.78, 5) is 10.1. The van der Waals surface area contributed by atoms with Gasteiger partial charge in [-0.3, -0.25) is 0 Å². The molecule has 0 aliphatic heterocycles. The molecular weight excluding hydrogens is 174 g/mol. The van der Waals surface area contributed by atoms with Gasteiger partial charge in [-0.1, -0.05) is 30.3 Å². The van der Waals surface area contributed by atoms with E-state index in [9.17, 15) is 4.79 Å². The topological polar surface area (TPSA) is 43.1 Å². The number of aldehydes is 1. The molecule has 0 aliphatic rings. The highest BCUT2D eigenvalue weighted by Crippen LogP contribution is 2.06. The van der Waals surface area contributed by atoms with Crippen molar-refractivity contribution in [2.75, 3.05) is 0 Å². The summed E-state index contributed by atoms with van der Waals surface area (Å²) in [5.41, 5.74) is 7.20. The molecule has 0 saturated heterocycles. The number of carbonyl (C=O) groups is 1. The van der Waals surface area contributed by atoms with Crippen LogP contribution in [0.3, 0.4) is 0 Å². The van der Waals surface area contributed by atoms with E-state index in [1.165, 1.54) is 5.56 Å². The van der Waals surface area contributed by atoms with Gasteiger partial charge in [0.2, 0.25) is 0 Å². The molecule has 0 aromatic heterocycles. The molecule has 1 unspecified atom stereocenters. The monoisotopic (exact) mass is 191 g/mol. The predicted octanol–water partition coefficient (Wildman–Crippen LogP) is 1.93. The number of unbranched alkanes of at least 4 members (excludes halogenated alkanes) is 1. The lowest BCUT2D eigenvalue weighted by molar-refractivity contribution is -0.107. The molecule has 0 radical (unpaired) electrons. The average molecular weight is 191 g/mol. The molecule has 1 rings (SSSR count). The Balaban J connectivity index is 2.26. The number of hydrogen-bond acceptors (Lipinski definition) is 2. The maximum atomic E-state index is 10.1. The van der Waals surface area contributed by atoms with Gasteiger partial charge < -0.3 is 10.5 Å². The van der Waals surface area contributed by atoms with Crippen LogP contribution in [0, 0.1) is 0 Å². The van der Waals surface area contributed by atoms with Crippen LogP contribution < -0.4 is 5.73 Å². The van der Waals surface area contributed by atoms with Crippen LogP contribution in [0.5, 0.6) is 0 Å². The maximum absolute atomic E-state index is 10.1. The summed E-state index contributed by atoms with van der Waals surface area (Å²) in [5.74, 6) is 0. The Bertz CT molecular complexity index is 258. The van der Waals surface area contributed by atoms with Gasteiger partial charge in [-0.15, -0.1) is 0 Å². The first-order valence-corrected chi connectivity index (χ1v) is 5.06. The van der Waals surface area contributed by atoms with Crippen molar-refractivity contribution >= 4 is 6.29 Å². The van der Waals surface area contributed by atoms with Crippen LogP contribution in [-0.4, -0.2) is 12.3 Å². The number of nitrogens with two attached hydrogens (primary N) is 1. The third kappa shape index (κ3) is 4.19. The van der Waals surface area contributed by atoms with Crippen molar-refractivity contribution in [3.8, 4) is 0 Å². The lowest BCUT2D eigenvalue weighted by Crippen LogP contribution is -2.22. The van der Waals surface area contributed by atoms with Crippen LogP contribution in [0.4, 0.5) is 0 Å². The summed E-state index contributed by atoms with van der Waals surface area (Å²) in [6, 6.07) is 10.4. The average Bonchev–Trinajstić information content (AvgIpc) is 2.20. The third-order valence-electron chi connectivity index (χ3n) is 2.24. The maximum Gasteiger partial charge on any atom is 0.119 e. The minimum absolute atomic E-state index is 0.178. The Morgan fingerprint density at radius 3 is 2.64 bits per heavy atom. The van der Waals surface area contributed by atoms with E-state index in [0.717, 1.165) is 25.5 Å². The molecule has 1 aromatic carbocycles. The second-order valence-corrected chi connectivity index (χ2v) is 3.55. The standard InChI is InChI=1S/C12H17NO/c13-12(8-4-5-9-14)10-11-6-2-1-3-7-11/h1-3,6-7,9,12H,4-5,8,10,13H2. The van der Waals surface area contributed by atoms with E-state index in [0.29, 0.717) is 6.42 Å². The molecule has 0 heterocycles. The first kappa shape index (κ1) is 10.9. The Morgan fingerprint density at radius 1 is 1.29 bits per heavy atom. The van der Waals surface area contributed by atoms with E-state index in [1.807, 2.05) is 18.2 Å². The molecule has 2 N–H and O–H groups in total. The molecule has 0 fully saturated rings. The number of hydrogen-bond donors (Lipinski definition) is 1. The number of rotatable bonds is 6. The molecule has 14 heavy (non-hydrogen) atoms. The van der Waals surface area contributed by atoms with Gasteiger partial charge >= 0.3 is 0 Å². The van der Waals surface area contributed by atoms with E-state index >= 15 is 0 Å². The summed E-state index contributed by atoms with van der Waals surface area (Å²) >= 11 is 0. The largest absolute Gasteiger partial charge is 0.327 e. The number of benzene rings is 1.